The van der Waals surface area contributed by atoms with Crippen LogP contribution in [0.25, 0.3) is 10.4 Å². The highest BCUT2D eigenvalue weighted by molar-refractivity contribution is 4.56. The first-order chi connectivity index (χ1) is 5.35. The van der Waals surface area contributed by atoms with E-state index in [1.54, 1.807) is 0 Å². The standard InChI is InChI=1S/C7H15N3O/c1-2-7(6-11)4-3-5-9-10-8/h7,11H,2-6H2,1H3/t7-/m1/s1. The SMILES string of the molecule is CC[C@@H](CO)CCCN=[N+]=[N-]. The smallest absolute Gasteiger partial charge is 0.0459 e. The summed E-state index contributed by atoms with van der Waals surface area (Å²) < 4.78 is 0. The van der Waals surface area contributed by atoms with Crippen molar-refractivity contribution in [2.45, 2.75) is 26.2 Å². The van der Waals surface area contributed by atoms with Crippen LogP contribution in [0.4, 0.5) is 0 Å². The largest absolute Gasteiger partial charge is 0.396 e. The van der Waals surface area contributed by atoms with Crippen LogP contribution in [0.5, 0.6) is 0 Å². The number of aliphatic hydroxyl groups excluding tert-OH is 1. The van der Waals surface area contributed by atoms with Crippen molar-refractivity contribution in [3.05, 3.63) is 10.4 Å². The lowest BCUT2D eigenvalue weighted by Crippen LogP contribution is -2.04. The molecule has 0 aliphatic heterocycles. The monoisotopic (exact) mass is 157 g/mol. The van der Waals surface area contributed by atoms with Gasteiger partial charge < -0.3 is 5.11 Å². The molecule has 0 unspecified atom stereocenters. The van der Waals surface area contributed by atoms with Gasteiger partial charge in [0.25, 0.3) is 0 Å². The van der Waals surface area contributed by atoms with Gasteiger partial charge in [-0.2, -0.15) is 0 Å². The Kier molecular flexibility index (Phi) is 6.89. The summed E-state index contributed by atoms with van der Waals surface area (Å²) in [6.07, 6.45) is 2.82. The molecule has 0 radical (unpaired) electrons. The highest BCUT2D eigenvalue weighted by atomic mass is 16.3. The van der Waals surface area contributed by atoms with Crippen molar-refractivity contribution in [1.29, 1.82) is 0 Å². The minimum absolute atomic E-state index is 0.243. The molecule has 0 rings (SSSR count). The van der Waals surface area contributed by atoms with Gasteiger partial charge in [0.05, 0.1) is 0 Å². The van der Waals surface area contributed by atoms with E-state index in [0.717, 1.165) is 19.3 Å². The second-order valence-electron chi connectivity index (χ2n) is 2.55. The molecule has 0 aromatic carbocycles. The van der Waals surface area contributed by atoms with Crippen LogP contribution in [0.3, 0.4) is 0 Å². The zero-order valence-electron chi connectivity index (χ0n) is 6.90. The molecule has 0 aromatic heterocycles. The van der Waals surface area contributed by atoms with Crippen molar-refractivity contribution in [2.24, 2.45) is 11.0 Å². The lowest BCUT2D eigenvalue weighted by atomic mass is 10.0. The molecule has 0 fully saturated rings. The van der Waals surface area contributed by atoms with Gasteiger partial charge in [-0.25, -0.2) is 0 Å². The van der Waals surface area contributed by atoms with Crippen LogP contribution in [0.1, 0.15) is 26.2 Å². The average molecular weight is 157 g/mol. The highest BCUT2D eigenvalue weighted by Gasteiger charge is 2.02. The van der Waals surface area contributed by atoms with Gasteiger partial charge >= 0.3 is 0 Å². The lowest BCUT2D eigenvalue weighted by Gasteiger charge is -2.08. The molecule has 4 nitrogen and oxygen atoms in total. The van der Waals surface area contributed by atoms with Gasteiger partial charge in [0.2, 0.25) is 0 Å². The lowest BCUT2D eigenvalue weighted by molar-refractivity contribution is 0.213. The van der Waals surface area contributed by atoms with Crippen molar-refractivity contribution in [3.8, 4) is 0 Å². The highest BCUT2D eigenvalue weighted by Crippen LogP contribution is 2.09. The maximum Gasteiger partial charge on any atom is 0.0459 e. The molecule has 0 saturated carbocycles. The zero-order chi connectivity index (χ0) is 8.53. The van der Waals surface area contributed by atoms with E-state index in [1.165, 1.54) is 0 Å². The molecule has 4 heteroatoms. The maximum atomic E-state index is 8.78. The number of aliphatic hydroxyl groups is 1. The van der Waals surface area contributed by atoms with Crippen LogP contribution >= 0.6 is 0 Å². The van der Waals surface area contributed by atoms with Gasteiger partial charge in [-0.15, -0.1) is 0 Å². The number of hydrogen-bond acceptors (Lipinski definition) is 2. The molecule has 0 spiro atoms. The van der Waals surface area contributed by atoms with Crippen LogP contribution in [0, 0.1) is 5.92 Å². The first-order valence-corrected chi connectivity index (χ1v) is 3.96. The van der Waals surface area contributed by atoms with Gasteiger partial charge in [-0.3, -0.25) is 0 Å². The Morgan fingerprint density at radius 3 is 2.82 bits per heavy atom. The molecule has 1 atom stereocenters. The van der Waals surface area contributed by atoms with Gasteiger partial charge in [0.15, 0.2) is 0 Å². The first kappa shape index (κ1) is 10.3. The third kappa shape index (κ3) is 5.70. The topological polar surface area (TPSA) is 69.0 Å². The first-order valence-electron chi connectivity index (χ1n) is 3.96. The van der Waals surface area contributed by atoms with Crippen LogP contribution in [-0.4, -0.2) is 18.3 Å². The number of rotatable bonds is 6. The normalized spacial score (nSPS) is 12.2. The van der Waals surface area contributed by atoms with Crippen LogP contribution in [0.2, 0.25) is 0 Å². The Morgan fingerprint density at radius 2 is 2.36 bits per heavy atom. The van der Waals surface area contributed by atoms with Crippen molar-refractivity contribution < 1.29 is 5.11 Å². The van der Waals surface area contributed by atoms with Gasteiger partial charge in [-0.1, -0.05) is 18.5 Å². The Labute approximate surface area is 66.9 Å². The van der Waals surface area contributed by atoms with Gasteiger partial charge in [-0.05, 0) is 24.3 Å². The van der Waals surface area contributed by atoms with Crippen LogP contribution < -0.4 is 0 Å². The molecular formula is C7H15N3O. The van der Waals surface area contributed by atoms with Crippen molar-refractivity contribution in [2.75, 3.05) is 13.2 Å². The Balaban J connectivity index is 3.27. The molecule has 0 amide bonds. The van der Waals surface area contributed by atoms with E-state index < -0.39 is 0 Å². The second kappa shape index (κ2) is 7.38. The molecule has 11 heavy (non-hydrogen) atoms. The number of azide groups is 1. The zero-order valence-corrected chi connectivity index (χ0v) is 6.90. The number of hydrogen-bond donors (Lipinski definition) is 1. The fourth-order valence-electron chi connectivity index (χ4n) is 0.920. The summed E-state index contributed by atoms with van der Waals surface area (Å²) in [5.74, 6) is 0.379. The Morgan fingerprint density at radius 1 is 1.64 bits per heavy atom. The number of nitrogens with zero attached hydrogens (tertiary/aromatic N) is 3. The molecule has 64 valence electrons. The van der Waals surface area contributed by atoms with Crippen molar-refractivity contribution in [1.82, 2.24) is 0 Å². The summed E-state index contributed by atoms with van der Waals surface area (Å²) in [5, 5.41) is 12.2. The van der Waals surface area contributed by atoms with E-state index >= 15 is 0 Å². The Bertz CT molecular complexity index is 128. The van der Waals surface area contributed by atoms with Crippen molar-refractivity contribution in [3.63, 3.8) is 0 Å². The van der Waals surface area contributed by atoms with E-state index in [9.17, 15) is 0 Å². The summed E-state index contributed by atoms with van der Waals surface area (Å²) in [6, 6.07) is 0. The van der Waals surface area contributed by atoms with E-state index in [0.29, 0.717) is 12.5 Å². The molecular weight excluding hydrogens is 142 g/mol. The molecule has 0 saturated heterocycles. The van der Waals surface area contributed by atoms with Crippen LogP contribution in [0.15, 0.2) is 5.11 Å². The summed E-state index contributed by atoms with van der Waals surface area (Å²) in [6.45, 7) is 2.84. The fourth-order valence-corrected chi connectivity index (χ4v) is 0.920. The molecule has 1 N–H and O–H groups in total. The average Bonchev–Trinajstić information content (AvgIpc) is 2.05. The second-order valence-corrected chi connectivity index (χ2v) is 2.55. The van der Waals surface area contributed by atoms with Gasteiger partial charge in [0.1, 0.15) is 0 Å². The summed E-state index contributed by atoms with van der Waals surface area (Å²) in [7, 11) is 0. The van der Waals surface area contributed by atoms with Gasteiger partial charge in [0, 0.05) is 18.1 Å². The molecule has 0 heterocycles. The predicted octanol–water partition coefficient (Wildman–Crippen LogP) is 2.10. The third-order valence-corrected chi connectivity index (χ3v) is 1.77. The van der Waals surface area contributed by atoms with Crippen LogP contribution in [-0.2, 0) is 0 Å². The van der Waals surface area contributed by atoms with Crippen molar-refractivity contribution >= 4 is 0 Å². The summed E-state index contributed by atoms with van der Waals surface area (Å²) in [4.78, 5) is 2.65. The minimum atomic E-state index is 0.243. The summed E-state index contributed by atoms with van der Waals surface area (Å²) in [5.41, 5.74) is 7.95. The van der Waals surface area contributed by atoms with E-state index in [1.807, 2.05) is 0 Å². The fraction of sp³-hybridized carbons (Fsp3) is 1.00. The third-order valence-electron chi connectivity index (χ3n) is 1.77. The van der Waals surface area contributed by atoms with E-state index in [4.69, 9.17) is 10.6 Å². The predicted molar refractivity (Wildman–Crippen MR) is 44.1 cm³/mol. The summed E-state index contributed by atoms with van der Waals surface area (Å²) >= 11 is 0. The molecule has 0 aliphatic carbocycles. The molecule has 0 aromatic rings. The maximum absolute atomic E-state index is 8.78. The quantitative estimate of drug-likeness (QED) is 0.273. The minimum Gasteiger partial charge on any atom is -0.396 e. The van der Waals surface area contributed by atoms with E-state index in [2.05, 4.69) is 16.9 Å². The Hall–Kier alpha value is -0.730. The van der Waals surface area contributed by atoms with E-state index in [-0.39, 0.29) is 6.61 Å². The molecule has 0 bridgehead atoms. The molecule has 0 aliphatic rings.